The fraction of sp³-hybridized carbons (Fsp3) is 0.643. The van der Waals surface area contributed by atoms with E-state index in [9.17, 15) is 19.2 Å². The maximum absolute atomic E-state index is 12.5. The number of likely N-dealkylation sites (tertiary alicyclic amines) is 1. The standard InChI is InChI=1S/C14H21N5O5S/c1-13(2,3)24-12(23)19-6-8(25)5-14(19,7-20)16-11-15-9(21)10(22)17-18(11)4/h7-8,25H,5-6H2,1-4H3,(H,17,22)(H,15,16,21)/t8-,14-/m0/s1. The van der Waals surface area contributed by atoms with Crippen LogP contribution >= 0.6 is 12.6 Å². The van der Waals surface area contributed by atoms with Crippen molar-refractivity contribution in [1.29, 1.82) is 0 Å². The smallest absolute Gasteiger partial charge is 0.412 e. The number of aromatic amines is 1. The van der Waals surface area contributed by atoms with Crippen molar-refractivity contribution in [3.8, 4) is 0 Å². The molecule has 2 atom stereocenters. The van der Waals surface area contributed by atoms with Crippen LogP contribution in [0.1, 0.15) is 27.2 Å². The molecule has 1 aromatic heterocycles. The molecule has 1 aromatic rings. The van der Waals surface area contributed by atoms with Gasteiger partial charge in [-0.1, -0.05) is 0 Å². The van der Waals surface area contributed by atoms with E-state index in [0.29, 0.717) is 6.29 Å². The van der Waals surface area contributed by atoms with Crippen molar-refractivity contribution in [1.82, 2.24) is 19.7 Å². The lowest BCUT2D eigenvalue weighted by molar-refractivity contribution is -0.115. The molecule has 25 heavy (non-hydrogen) atoms. The maximum Gasteiger partial charge on any atom is 0.412 e. The number of H-pyrrole nitrogens is 1. The van der Waals surface area contributed by atoms with Gasteiger partial charge in [-0.05, 0) is 20.8 Å². The maximum atomic E-state index is 12.5. The van der Waals surface area contributed by atoms with Gasteiger partial charge in [0.15, 0.2) is 11.9 Å². The number of rotatable bonds is 3. The third kappa shape index (κ3) is 4.03. The summed E-state index contributed by atoms with van der Waals surface area (Å²) in [6.07, 6.45) is 0.0243. The summed E-state index contributed by atoms with van der Waals surface area (Å²) < 4.78 is 6.51. The van der Waals surface area contributed by atoms with Crippen molar-refractivity contribution < 1.29 is 14.3 Å². The zero-order valence-corrected chi connectivity index (χ0v) is 15.3. The summed E-state index contributed by atoms with van der Waals surface area (Å²) in [5.41, 5.74) is -4.14. The van der Waals surface area contributed by atoms with Crippen molar-refractivity contribution in [2.45, 2.75) is 43.7 Å². The number of ether oxygens (including phenoxy) is 1. The van der Waals surface area contributed by atoms with Crippen molar-refractivity contribution in [2.75, 3.05) is 11.9 Å². The van der Waals surface area contributed by atoms with Gasteiger partial charge < -0.3 is 10.1 Å². The third-order valence-corrected chi connectivity index (χ3v) is 3.89. The second kappa shape index (κ2) is 6.54. The SMILES string of the molecule is Cn1[nH]c(=O)c(=O)nc1N[C@@]1(C=O)C[C@H](S)CN1C(=O)OC(C)(C)C. The van der Waals surface area contributed by atoms with Crippen LogP contribution in [0, 0.1) is 0 Å². The molecule has 0 aromatic carbocycles. The van der Waals surface area contributed by atoms with Crippen molar-refractivity contribution >= 4 is 31.0 Å². The summed E-state index contributed by atoms with van der Waals surface area (Å²) >= 11 is 4.36. The predicted octanol–water partition coefficient (Wildman–Crippen LogP) is -0.285. The summed E-state index contributed by atoms with van der Waals surface area (Å²) in [6.45, 7) is 5.30. The summed E-state index contributed by atoms with van der Waals surface area (Å²) in [4.78, 5) is 52.0. The van der Waals surface area contributed by atoms with E-state index >= 15 is 0 Å². The minimum absolute atomic E-state index is 0.0623. The molecule has 1 fully saturated rings. The van der Waals surface area contributed by atoms with Gasteiger partial charge in [0.05, 0.1) is 0 Å². The lowest BCUT2D eigenvalue weighted by Gasteiger charge is -2.35. The number of amides is 1. The van der Waals surface area contributed by atoms with E-state index in [0.717, 1.165) is 4.68 Å². The van der Waals surface area contributed by atoms with E-state index < -0.39 is 28.5 Å². The summed E-state index contributed by atoms with van der Waals surface area (Å²) in [7, 11) is 1.44. The molecule has 0 aliphatic carbocycles. The number of aromatic nitrogens is 3. The van der Waals surface area contributed by atoms with Crippen LogP contribution in [0.3, 0.4) is 0 Å². The van der Waals surface area contributed by atoms with Gasteiger partial charge in [-0.25, -0.2) is 4.79 Å². The molecule has 1 aliphatic rings. The molecular formula is C14H21N5O5S. The Labute approximate surface area is 149 Å². The highest BCUT2D eigenvalue weighted by Gasteiger charge is 2.49. The van der Waals surface area contributed by atoms with Gasteiger partial charge in [-0.3, -0.25) is 29.1 Å². The monoisotopic (exact) mass is 371 g/mol. The second-order valence-electron chi connectivity index (χ2n) is 6.86. The number of nitrogens with zero attached hydrogens (tertiary/aromatic N) is 3. The third-order valence-electron chi connectivity index (χ3n) is 3.55. The number of aryl methyl sites for hydroxylation is 1. The van der Waals surface area contributed by atoms with Crippen molar-refractivity contribution in [3.05, 3.63) is 20.7 Å². The van der Waals surface area contributed by atoms with E-state index in [1.165, 1.54) is 11.9 Å². The lowest BCUT2D eigenvalue weighted by atomic mass is 10.1. The van der Waals surface area contributed by atoms with E-state index in [1.807, 2.05) is 0 Å². The minimum Gasteiger partial charge on any atom is -0.444 e. The summed E-state index contributed by atoms with van der Waals surface area (Å²) in [5, 5.41) is 4.76. The molecule has 0 unspecified atom stereocenters. The molecule has 0 spiro atoms. The number of carbonyl (C=O) groups excluding carboxylic acids is 2. The topological polar surface area (TPSA) is 126 Å². The van der Waals surface area contributed by atoms with E-state index in [4.69, 9.17) is 4.74 Å². The zero-order valence-electron chi connectivity index (χ0n) is 14.4. The van der Waals surface area contributed by atoms with Crippen molar-refractivity contribution in [2.24, 2.45) is 7.05 Å². The Kier molecular flexibility index (Phi) is 4.98. The Hall–Kier alpha value is -2.30. The van der Waals surface area contributed by atoms with Crippen LogP contribution in [-0.2, 0) is 16.6 Å². The molecule has 138 valence electrons. The highest BCUT2D eigenvalue weighted by Crippen LogP contribution is 2.32. The first-order chi connectivity index (χ1) is 11.5. The molecule has 0 radical (unpaired) electrons. The second-order valence-corrected chi connectivity index (χ2v) is 7.59. The molecule has 2 heterocycles. The van der Waals surface area contributed by atoms with Crippen LogP contribution in [0.5, 0.6) is 0 Å². The first-order valence-corrected chi connectivity index (χ1v) is 8.09. The average Bonchev–Trinajstić information content (AvgIpc) is 2.80. The van der Waals surface area contributed by atoms with Gasteiger partial charge in [0.1, 0.15) is 5.60 Å². The van der Waals surface area contributed by atoms with E-state index in [1.54, 1.807) is 20.8 Å². The van der Waals surface area contributed by atoms with E-state index in [2.05, 4.69) is 28.0 Å². The van der Waals surface area contributed by atoms with Gasteiger partial charge in [-0.2, -0.15) is 17.6 Å². The Bertz CT molecular complexity index is 798. The molecule has 2 rings (SSSR count). The number of hydrogen-bond acceptors (Lipinski definition) is 8. The Morgan fingerprint density at radius 2 is 2.12 bits per heavy atom. The van der Waals surface area contributed by atoms with E-state index in [-0.39, 0.29) is 24.2 Å². The Morgan fingerprint density at radius 1 is 1.48 bits per heavy atom. The van der Waals surface area contributed by atoms with Crippen LogP contribution < -0.4 is 16.4 Å². The molecule has 2 N–H and O–H groups in total. The molecular weight excluding hydrogens is 350 g/mol. The average molecular weight is 371 g/mol. The quantitative estimate of drug-likeness (QED) is 0.379. The highest BCUT2D eigenvalue weighted by molar-refractivity contribution is 7.81. The van der Waals surface area contributed by atoms with Gasteiger partial charge in [0.2, 0.25) is 5.95 Å². The summed E-state index contributed by atoms with van der Waals surface area (Å²) in [5.74, 6) is -0.0623. The number of thiol groups is 1. The molecule has 1 amide bonds. The number of nitrogens with one attached hydrogen (secondary N) is 2. The van der Waals surface area contributed by atoms with Crippen LogP contribution in [0.2, 0.25) is 0 Å². The lowest BCUT2D eigenvalue weighted by Crippen LogP contribution is -2.56. The number of hydrogen-bond donors (Lipinski definition) is 3. The van der Waals surface area contributed by atoms with Gasteiger partial charge in [-0.15, -0.1) is 0 Å². The summed E-state index contributed by atoms with van der Waals surface area (Å²) in [6, 6.07) is 0. The Balaban J connectivity index is 2.41. The number of aldehydes is 1. The molecule has 1 saturated heterocycles. The fourth-order valence-corrected chi connectivity index (χ4v) is 2.94. The molecule has 1 aliphatic heterocycles. The van der Waals surface area contributed by atoms with Crippen LogP contribution in [0.25, 0.3) is 0 Å². The molecule has 0 bridgehead atoms. The minimum atomic E-state index is -1.50. The normalized spacial score (nSPS) is 23.4. The predicted molar refractivity (Wildman–Crippen MR) is 92.8 cm³/mol. The molecule has 0 saturated carbocycles. The van der Waals surface area contributed by atoms with Gasteiger partial charge in [0, 0.05) is 25.3 Å². The van der Waals surface area contributed by atoms with Crippen LogP contribution in [0.15, 0.2) is 9.59 Å². The van der Waals surface area contributed by atoms with Crippen molar-refractivity contribution in [3.63, 3.8) is 0 Å². The Morgan fingerprint density at radius 3 is 2.68 bits per heavy atom. The number of anilines is 1. The highest BCUT2D eigenvalue weighted by atomic mass is 32.1. The number of carbonyl (C=O) groups is 2. The first-order valence-electron chi connectivity index (χ1n) is 7.58. The first kappa shape index (κ1) is 19.0. The fourth-order valence-electron chi connectivity index (χ4n) is 2.50. The molecule has 10 nitrogen and oxygen atoms in total. The van der Waals surface area contributed by atoms with Gasteiger partial charge in [0.25, 0.3) is 0 Å². The van der Waals surface area contributed by atoms with Crippen LogP contribution in [-0.4, -0.2) is 55.1 Å². The molecule has 11 heteroatoms. The largest absolute Gasteiger partial charge is 0.444 e. The van der Waals surface area contributed by atoms with Crippen LogP contribution in [0.4, 0.5) is 10.7 Å². The van der Waals surface area contributed by atoms with Gasteiger partial charge >= 0.3 is 17.2 Å². The zero-order chi connectivity index (χ0) is 19.0.